The number of hydrogen-bond acceptors (Lipinski definition) is 4. The topological polar surface area (TPSA) is 94.2 Å². The predicted octanol–water partition coefficient (Wildman–Crippen LogP) is 3.34. The fourth-order valence-electron chi connectivity index (χ4n) is 2.60. The van der Waals surface area contributed by atoms with Gasteiger partial charge in [0.2, 0.25) is 0 Å². The van der Waals surface area contributed by atoms with Crippen LogP contribution < -0.4 is 10.9 Å². The Kier molecular flexibility index (Phi) is 5.25. The number of carbonyl (C=O) groups excluding carboxylic acids is 1. The highest BCUT2D eigenvalue weighted by Crippen LogP contribution is 2.18. The molecule has 0 aliphatic rings. The van der Waals surface area contributed by atoms with Gasteiger partial charge in [-0.2, -0.15) is 0 Å². The van der Waals surface area contributed by atoms with Crippen LogP contribution in [0.3, 0.4) is 0 Å². The van der Waals surface area contributed by atoms with Crippen LogP contribution in [0, 0.1) is 21.7 Å². The summed E-state index contributed by atoms with van der Waals surface area (Å²) in [6.45, 7) is -0.0182. The van der Waals surface area contributed by atoms with Crippen LogP contribution in [0.15, 0.2) is 65.6 Å². The van der Waals surface area contributed by atoms with Gasteiger partial charge in [0.05, 0.1) is 11.5 Å². The monoisotopic (exact) mass is 385 g/mol. The van der Waals surface area contributed by atoms with E-state index in [0.29, 0.717) is 5.56 Å². The van der Waals surface area contributed by atoms with Gasteiger partial charge in [0.25, 0.3) is 17.2 Å². The molecule has 142 valence electrons. The molecule has 0 radical (unpaired) electrons. The largest absolute Gasteiger partial charge is 0.317 e. The summed E-state index contributed by atoms with van der Waals surface area (Å²) in [4.78, 5) is 35.2. The summed E-state index contributed by atoms with van der Waals surface area (Å²) in [5, 5.41) is 12.9. The molecule has 3 rings (SSSR count). The van der Waals surface area contributed by atoms with Crippen molar-refractivity contribution in [2.24, 2.45) is 0 Å². The van der Waals surface area contributed by atoms with Crippen molar-refractivity contribution in [3.63, 3.8) is 0 Å². The molecule has 7 nitrogen and oxygen atoms in total. The average Bonchev–Trinajstić information content (AvgIpc) is 2.66. The van der Waals surface area contributed by atoms with Crippen molar-refractivity contribution in [2.75, 3.05) is 5.32 Å². The Balaban J connectivity index is 1.89. The number of para-hydroxylation sites is 1. The minimum Gasteiger partial charge on any atom is -0.317 e. The van der Waals surface area contributed by atoms with Crippen LogP contribution in [0.1, 0.15) is 15.9 Å². The Morgan fingerprint density at radius 1 is 1.07 bits per heavy atom. The Morgan fingerprint density at radius 2 is 1.75 bits per heavy atom. The lowest BCUT2D eigenvalue weighted by atomic mass is 10.2. The van der Waals surface area contributed by atoms with Gasteiger partial charge in [-0.05, 0) is 29.8 Å². The number of halogens is 2. The number of hydrogen-bond donors (Lipinski definition) is 1. The number of nitrogens with one attached hydrogen (secondary N) is 1. The van der Waals surface area contributed by atoms with Crippen LogP contribution in [-0.4, -0.2) is 15.4 Å². The molecule has 0 fully saturated rings. The first-order chi connectivity index (χ1) is 13.4. The molecule has 0 saturated carbocycles. The second-order valence-corrected chi connectivity index (χ2v) is 5.83. The van der Waals surface area contributed by atoms with E-state index in [-0.39, 0.29) is 17.8 Å². The number of benzene rings is 2. The average molecular weight is 385 g/mol. The van der Waals surface area contributed by atoms with E-state index in [4.69, 9.17) is 0 Å². The molecule has 1 amide bonds. The van der Waals surface area contributed by atoms with Crippen LogP contribution in [0.2, 0.25) is 0 Å². The number of rotatable bonds is 5. The van der Waals surface area contributed by atoms with Crippen molar-refractivity contribution in [3.8, 4) is 0 Å². The summed E-state index contributed by atoms with van der Waals surface area (Å²) in [5.74, 6) is -2.91. The maximum absolute atomic E-state index is 13.7. The molecule has 0 saturated heterocycles. The number of carbonyl (C=O) groups is 1. The third-order valence-corrected chi connectivity index (χ3v) is 3.94. The number of non-ortho nitro benzene ring substituents is 1. The van der Waals surface area contributed by atoms with Gasteiger partial charge in [-0.3, -0.25) is 19.7 Å². The molecule has 0 spiro atoms. The molecule has 9 heteroatoms. The van der Waals surface area contributed by atoms with Gasteiger partial charge in [-0.15, -0.1) is 0 Å². The van der Waals surface area contributed by atoms with Crippen LogP contribution in [-0.2, 0) is 6.54 Å². The molecular formula is C19H13F2N3O4. The first-order valence-electron chi connectivity index (χ1n) is 8.05. The number of aromatic nitrogens is 1. The second-order valence-electron chi connectivity index (χ2n) is 5.83. The normalized spacial score (nSPS) is 10.5. The third kappa shape index (κ3) is 3.93. The van der Waals surface area contributed by atoms with Crippen molar-refractivity contribution < 1.29 is 18.5 Å². The predicted molar refractivity (Wildman–Crippen MR) is 97.2 cm³/mol. The Bertz CT molecular complexity index is 1110. The quantitative estimate of drug-likeness (QED) is 0.538. The van der Waals surface area contributed by atoms with Crippen molar-refractivity contribution in [1.82, 2.24) is 4.57 Å². The molecule has 0 aliphatic carbocycles. The second kappa shape index (κ2) is 7.78. The summed E-state index contributed by atoms with van der Waals surface area (Å²) in [7, 11) is 0. The molecule has 1 heterocycles. The number of nitrogens with zero attached hydrogens (tertiary/aromatic N) is 2. The number of nitro benzene ring substituents is 1. The van der Waals surface area contributed by atoms with Gasteiger partial charge in [-0.1, -0.05) is 18.2 Å². The SMILES string of the molecule is O=C(Nc1c(F)cccc1F)c1cccn(Cc2cccc([N+](=O)[O-])c2)c1=O. The molecule has 28 heavy (non-hydrogen) atoms. The zero-order chi connectivity index (χ0) is 20.3. The summed E-state index contributed by atoms with van der Waals surface area (Å²) >= 11 is 0. The molecule has 2 aromatic carbocycles. The van der Waals surface area contributed by atoms with E-state index in [1.807, 2.05) is 0 Å². The number of nitro groups is 1. The van der Waals surface area contributed by atoms with Crippen molar-refractivity contribution in [2.45, 2.75) is 6.54 Å². The molecule has 0 aliphatic heterocycles. The van der Waals surface area contributed by atoms with E-state index in [1.54, 1.807) is 6.07 Å². The van der Waals surface area contributed by atoms with Gasteiger partial charge in [-0.25, -0.2) is 8.78 Å². The zero-order valence-corrected chi connectivity index (χ0v) is 14.3. The van der Waals surface area contributed by atoms with Crippen molar-refractivity contribution in [3.05, 3.63) is 104 Å². The number of amides is 1. The molecule has 1 aromatic heterocycles. The van der Waals surface area contributed by atoms with E-state index in [2.05, 4.69) is 5.32 Å². The molecule has 1 N–H and O–H groups in total. The summed E-state index contributed by atoms with van der Waals surface area (Å²) in [6.07, 6.45) is 1.40. The van der Waals surface area contributed by atoms with Gasteiger partial charge in [0.1, 0.15) is 22.9 Å². The molecule has 0 unspecified atom stereocenters. The van der Waals surface area contributed by atoms with Crippen LogP contribution in [0.4, 0.5) is 20.2 Å². The maximum Gasteiger partial charge on any atom is 0.269 e. The zero-order valence-electron chi connectivity index (χ0n) is 14.3. The summed E-state index contributed by atoms with van der Waals surface area (Å²) in [5.41, 5.74) is -1.33. The standard InChI is InChI=1S/C19H13F2N3O4/c20-15-7-2-8-16(21)17(15)22-18(25)14-6-3-9-23(19(14)26)11-12-4-1-5-13(10-12)24(27)28/h1-10H,11H2,(H,22,25). The Hall–Kier alpha value is -3.88. The lowest BCUT2D eigenvalue weighted by molar-refractivity contribution is -0.384. The minimum atomic E-state index is -0.971. The Labute approximate surface area is 157 Å². The van der Waals surface area contributed by atoms with Gasteiger partial charge in [0, 0.05) is 18.3 Å². The highest BCUT2D eigenvalue weighted by Gasteiger charge is 2.17. The van der Waals surface area contributed by atoms with E-state index in [1.165, 1.54) is 41.1 Å². The smallest absolute Gasteiger partial charge is 0.269 e. The van der Waals surface area contributed by atoms with Gasteiger partial charge < -0.3 is 9.88 Å². The van der Waals surface area contributed by atoms with E-state index in [9.17, 15) is 28.5 Å². The van der Waals surface area contributed by atoms with Crippen molar-refractivity contribution in [1.29, 1.82) is 0 Å². The summed E-state index contributed by atoms with van der Waals surface area (Å²) in [6, 6.07) is 11.5. The van der Waals surface area contributed by atoms with Gasteiger partial charge in [0.15, 0.2) is 0 Å². The molecule has 3 aromatic rings. The van der Waals surface area contributed by atoms with E-state index >= 15 is 0 Å². The summed E-state index contributed by atoms with van der Waals surface area (Å²) < 4.78 is 28.6. The first-order valence-corrected chi connectivity index (χ1v) is 8.05. The maximum atomic E-state index is 13.7. The van der Waals surface area contributed by atoms with Crippen LogP contribution in [0.25, 0.3) is 0 Å². The fraction of sp³-hybridized carbons (Fsp3) is 0.0526. The van der Waals surface area contributed by atoms with E-state index in [0.717, 1.165) is 18.2 Å². The molecule has 0 atom stereocenters. The molecule has 0 bridgehead atoms. The van der Waals surface area contributed by atoms with Crippen LogP contribution in [0.5, 0.6) is 0 Å². The van der Waals surface area contributed by atoms with Crippen LogP contribution >= 0.6 is 0 Å². The highest BCUT2D eigenvalue weighted by atomic mass is 19.1. The lowest BCUT2D eigenvalue weighted by Gasteiger charge is -2.10. The van der Waals surface area contributed by atoms with Gasteiger partial charge >= 0.3 is 0 Å². The lowest BCUT2D eigenvalue weighted by Crippen LogP contribution is -2.29. The van der Waals surface area contributed by atoms with E-state index < -0.39 is 33.7 Å². The third-order valence-electron chi connectivity index (χ3n) is 3.94. The number of pyridine rings is 1. The van der Waals surface area contributed by atoms with Crippen molar-refractivity contribution >= 4 is 17.3 Å². The fourth-order valence-corrected chi connectivity index (χ4v) is 2.60. The molecular weight excluding hydrogens is 372 g/mol. The first kappa shape index (κ1) is 18.9. The highest BCUT2D eigenvalue weighted by molar-refractivity contribution is 6.04. The minimum absolute atomic E-state index is 0.0182. The Morgan fingerprint density at radius 3 is 2.43 bits per heavy atom. The number of anilines is 1.